The molecule has 1 nitrogen and oxygen atoms in total. The summed E-state index contributed by atoms with van der Waals surface area (Å²) in [6, 6.07) is 12.1. The number of thioether (sulfide) groups is 1. The summed E-state index contributed by atoms with van der Waals surface area (Å²) in [5.74, 6) is 2.00. The second-order valence-corrected chi connectivity index (χ2v) is 4.90. The van der Waals surface area contributed by atoms with Crippen LogP contribution in [0.25, 0.3) is 0 Å². The van der Waals surface area contributed by atoms with Crippen molar-refractivity contribution < 1.29 is 0 Å². The molecule has 3 heteroatoms. The first-order chi connectivity index (χ1) is 7.84. The van der Waals surface area contributed by atoms with Gasteiger partial charge in [-0.15, -0.1) is 0 Å². The Balaban J connectivity index is 1.82. The molecule has 0 fully saturated rings. The highest BCUT2D eigenvalue weighted by atomic mass is 35.5. The first-order valence-electron chi connectivity index (χ1n) is 5.06. The fourth-order valence-electron chi connectivity index (χ4n) is 1.35. The van der Waals surface area contributed by atoms with Crippen molar-refractivity contribution in [2.24, 2.45) is 0 Å². The minimum absolute atomic E-state index is 0.793. The van der Waals surface area contributed by atoms with E-state index in [4.69, 9.17) is 11.6 Å². The maximum Gasteiger partial charge on any atom is 0.0406 e. The van der Waals surface area contributed by atoms with E-state index in [0.717, 1.165) is 16.5 Å². The van der Waals surface area contributed by atoms with Crippen LogP contribution >= 0.6 is 23.4 Å². The second kappa shape index (κ2) is 5.92. The molecule has 0 aliphatic heterocycles. The maximum absolute atomic E-state index is 5.83. The highest BCUT2D eigenvalue weighted by molar-refractivity contribution is 7.97. The normalized spacial score (nSPS) is 10.3. The van der Waals surface area contributed by atoms with Crippen LogP contribution in [0, 0.1) is 0 Å². The lowest BCUT2D eigenvalue weighted by Gasteiger charge is -2.02. The van der Waals surface area contributed by atoms with E-state index < -0.39 is 0 Å². The molecule has 0 atom stereocenters. The van der Waals surface area contributed by atoms with Crippen LogP contribution in [0.3, 0.4) is 0 Å². The summed E-state index contributed by atoms with van der Waals surface area (Å²) in [6.07, 6.45) is 3.71. The van der Waals surface area contributed by atoms with Crippen molar-refractivity contribution in [3.8, 4) is 0 Å². The molecule has 0 aliphatic carbocycles. The molecule has 1 aromatic heterocycles. The molecule has 16 heavy (non-hydrogen) atoms. The van der Waals surface area contributed by atoms with Crippen molar-refractivity contribution in [1.82, 2.24) is 4.98 Å². The topological polar surface area (TPSA) is 12.9 Å². The number of hydrogen-bond acceptors (Lipinski definition) is 2. The number of nitrogens with zero attached hydrogens (tertiary/aromatic N) is 1. The van der Waals surface area contributed by atoms with Gasteiger partial charge in [0.25, 0.3) is 0 Å². The van der Waals surface area contributed by atoms with E-state index >= 15 is 0 Å². The summed E-state index contributed by atoms with van der Waals surface area (Å²) in [5.41, 5.74) is 2.57. The van der Waals surface area contributed by atoms with E-state index in [1.165, 1.54) is 11.1 Å². The molecule has 82 valence electrons. The van der Waals surface area contributed by atoms with Gasteiger partial charge in [0.2, 0.25) is 0 Å². The highest BCUT2D eigenvalue weighted by Crippen LogP contribution is 2.18. The molecule has 1 heterocycles. The zero-order valence-electron chi connectivity index (χ0n) is 8.77. The summed E-state index contributed by atoms with van der Waals surface area (Å²) < 4.78 is 0. The van der Waals surface area contributed by atoms with E-state index in [-0.39, 0.29) is 0 Å². The van der Waals surface area contributed by atoms with Gasteiger partial charge >= 0.3 is 0 Å². The average Bonchev–Trinajstić information content (AvgIpc) is 2.33. The minimum atomic E-state index is 0.793. The molecule has 0 spiro atoms. The molecule has 0 N–H and O–H groups in total. The lowest BCUT2D eigenvalue weighted by atomic mass is 10.2. The largest absolute Gasteiger partial charge is 0.264 e. The third kappa shape index (κ3) is 3.54. The van der Waals surface area contributed by atoms with Crippen LogP contribution in [-0.4, -0.2) is 4.98 Å². The zero-order chi connectivity index (χ0) is 11.2. The maximum atomic E-state index is 5.83. The Hall–Kier alpha value is -0.990. The second-order valence-electron chi connectivity index (χ2n) is 3.48. The summed E-state index contributed by atoms with van der Waals surface area (Å²) in [6.45, 7) is 0. The van der Waals surface area contributed by atoms with Crippen molar-refractivity contribution in [2.75, 3.05) is 0 Å². The van der Waals surface area contributed by atoms with Gasteiger partial charge in [0.1, 0.15) is 0 Å². The fourth-order valence-corrected chi connectivity index (χ4v) is 2.41. The Morgan fingerprint density at radius 3 is 2.44 bits per heavy atom. The highest BCUT2D eigenvalue weighted by Gasteiger charge is 1.95. The summed E-state index contributed by atoms with van der Waals surface area (Å²) in [7, 11) is 0. The van der Waals surface area contributed by atoms with Crippen molar-refractivity contribution in [3.05, 3.63) is 64.9 Å². The molecule has 0 saturated carbocycles. The van der Waals surface area contributed by atoms with Crippen molar-refractivity contribution in [3.63, 3.8) is 0 Å². The number of rotatable bonds is 4. The molecular weight excluding hydrogens is 238 g/mol. The molecule has 1 aromatic carbocycles. The van der Waals surface area contributed by atoms with E-state index in [9.17, 15) is 0 Å². The van der Waals surface area contributed by atoms with Gasteiger partial charge in [-0.1, -0.05) is 29.8 Å². The summed E-state index contributed by atoms with van der Waals surface area (Å²) in [5, 5.41) is 0.793. The van der Waals surface area contributed by atoms with Crippen LogP contribution in [0.1, 0.15) is 11.1 Å². The van der Waals surface area contributed by atoms with Crippen molar-refractivity contribution in [2.45, 2.75) is 11.5 Å². The lowest BCUT2D eigenvalue weighted by Crippen LogP contribution is -1.84. The molecule has 0 bridgehead atoms. The molecule has 2 rings (SSSR count). The van der Waals surface area contributed by atoms with Crippen LogP contribution in [-0.2, 0) is 11.5 Å². The molecule has 0 unspecified atom stereocenters. The van der Waals surface area contributed by atoms with Gasteiger partial charge in [-0.05, 0) is 29.3 Å². The van der Waals surface area contributed by atoms with E-state index in [2.05, 4.69) is 23.2 Å². The quantitative estimate of drug-likeness (QED) is 0.807. The predicted octanol–water partition coefficient (Wildman–Crippen LogP) is 4.17. The predicted molar refractivity (Wildman–Crippen MR) is 70.7 cm³/mol. The number of benzene rings is 1. The van der Waals surface area contributed by atoms with Crippen molar-refractivity contribution >= 4 is 23.4 Å². The molecule has 0 amide bonds. The lowest BCUT2D eigenvalue weighted by molar-refractivity contribution is 1.25. The number of pyridine rings is 1. The third-order valence-electron chi connectivity index (χ3n) is 2.17. The summed E-state index contributed by atoms with van der Waals surface area (Å²) in [4.78, 5) is 4.09. The monoisotopic (exact) mass is 249 g/mol. The van der Waals surface area contributed by atoms with Crippen LogP contribution in [0.2, 0.25) is 5.02 Å². The zero-order valence-corrected chi connectivity index (χ0v) is 10.3. The van der Waals surface area contributed by atoms with Crippen LogP contribution in [0.4, 0.5) is 0 Å². The minimum Gasteiger partial charge on any atom is -0.264 e. The number of halogens is 1. The number of aromatic nitrogens is 1. The molecule has 2 aromatic rings. The van der Waals surface area contributed by atoms with Crippen molar-refractivity contribution in [1.29, 1.82) is 0 Å². The molecule has 0 radical (unpaired) electrons. The Labute approximate surface area is 105 Å². The molecule has 0 aliphatic rings. The van der Waals surface area contributed by atoms with Gasteiger partial charge in [-0.2, -0.15) is 11.8 Å². The standard InChI is InChI=1S/C13H12ClNS/c14-13-5-3-11(4-6-13)9-16-10-12-2-1-7-15-8-12/h1-8H,9-10H2. The Morgan fingerprint density at radius 1 is 1.00 bits per heavy atom. The Kier molecular flexibility index (Phi) is 4.25. The van der Waals surface area contributed by atoms with Gasteiger partial charge in [0, 0.05) is 28.9 Å². The Bertz CT molecular complexity index is 427. The first-order valence-corrected chi connectivity index (χ1v) is 6.59. The fraction of sp³-hybridized carbons (Fsp3) is 0.154. The van der Waals surface area contributed by atoms with E-state index in [1.807, 2.05) is 36.2 Å². The van der Waals surface area contributed by atoms with E-state index in [1.54, 1.807) is 6.20 Å². The van der Waals surface area contributed by atoms with Crippen LogP contribution in [0.5, 0.6) is 0 Å². The van der Waals surface area contributed by atoms with Gasteiger partial charge in [-0.25, -0.2) is 0 Å². The SMILES string of the molecule is Clc1ccc(CSCc2cccnc2)cc1. The average molecular weight is 250 g/mol. The molecular formula is C13H12ClNS. The van der Waals surface area contributed by atoms with Gasteiger partial charge in [-0.3, -0.25) is 4.98 Å². The summed E-state index contributed by atoms with van der Waals surface area (Å²) >= 11 is 7.71. The van der Waals surface area contributed by atoms with Gasteiger partial charge < -0.3 is 0 Å². The van der Waals surface area contributed by atoms with Crippen LogP contribution < -0.4 is 0 Å². The smallest absolute Gasteiger partial charge is 0.0406 e. The Morgan fingerprint density at radius 2 is 1.75 bits per heavy atom. The van der Waals surface area contributed by atoms with E-state index in [0.29, 0.717) is 0 Å². The van der Waals surface area contributed by atoms with Crippen LogP contribution in [0.15, 0.2) is 48.8 Å². The van der Waals surface area contributed by atoms with Gasteiger partial charge in [0.05, 0.1) is 0 Å². The third-order valence-corrected chi connectivity index (χ3v) is 3.50. The molecule has 0 saturated heterocycles. The first kappa shape index (κ1) is 11.5. The number of hydrogen-bond donors (Lipinski definition) is 0. The van der Waals surface area contributed by atoms with Gasteiger partial charge in [0.15, 0.2) is 0 Å².